The second-order valence-corrected chi connectivity index (χ2v) is 3.67. The Morgan fingerprint density at radius 3 is 2.50 bits per heavy atom. The molecule has 0 spiro atoms. The summed E-state index contributed by atoms with van der Waals surface area (Å²) in [5.41, 5.74) is 12.5. The lowest BCUT2D eigenvalue weighted by Crippen LogP contribution is -2.14. The minimum atomic E-state index is -0.110. The molecule has 0 aliphatic rings. The van der Waals surface area contributed by atoms with Crippen molar-refractivity contribution in [1.29, 1.82) is 10.8 Å². The van der Waals surface area contributed by atoms with Gasteiger partial charge in [-0.15, -0.1) is 0 Å². The summed E-state index contributed by atoms with van der Waals surface area (Å²) in [4.78, 5) is 8.29. The summed E-state index contributed by atoms with van der Waals surface area (Å²) in [5, 5.41) is 14.7. The molecule has 1 heterocycles. The van der Waals surface area contributed by atoms with E-state index in [0.717, 1.165) is 5.56 Å². The van der Waals surface area contributed by atoms with Crippen molar-refractivity contribution in [3.63, 3.8) is 0 Å². The average molecular weight is 240 g/mol. The van der Waals surface area contributed by atoms with Crippen LogP contribution in [0.5, 0.6) is 0 Å². The molecule has 6 heteroatoms. The molecule has 0 unspecified atom stereocenters. The van der Waals surface area contributed by atoms with E-state index in [4.69, 9.17) is 22.3 Å². The van der Waals surface area contributed by atoms with Crippen molar-refractivity contribution in [2.24, 2.45) is 11.5 Å². The van der Waals surface area contributed by atoms with Crippen molar-refractivity contribution in [2.75, 3.05) is 0 Å². The Morgan fingerprint density at radius 1 is 1.06 bits per heavy atom. The first-order valence-corrected chi connectivity index (χ1v) is 5.20. The summed E-state index contributed by atoms with van der Waals surface area (Å²) in [6, 6.07) is 8.62. The van der Waals surface area contributed by atoms with Crippen molar-refractivity contribution < 1.29 is 0 Å². The first kappa shape index (κ1) is 11.7. The maximum atomic E-state index is 7.39. The molecule has 6 nitrogen and oxygen atoms in total. The molecule has 2 rings (SSSR count). The molecule has 90 valence electrons. The van der Waals surface area contributed by atoms with E-state index < -0.39 is 0 Å². The third-order valence-electron chi connectivity index (χ3n) is 2.36. The van der Waals surface area contributed by atoms with Gasteiger partial charge in [0.25, 0.3) is 0 Å². The van der Waals surface area contributed by atoms with Crippen molar-refractivity contribution in [1.82, 2.24) is 9.97 Å². The summed E-state index contributed by atoms with van der Waals surface area (Å²) in [7, 11) is 0. The highest BCUT2D eigenvalue weighted by molar-refractivity contribution is 5.96. The highest BCUT2D eigenvalue weighted by atomic mass is 14.9. The van der Waals surface area contributed by atoms with E-state index in [1.165, 1.54) is 0 Å². The Balaban J connectivity index is 2.48. The molecular weight excluding hydrogens is 228 g/mol. The fourth-order valence-corrected chi connectivity index (χ4v) is 1.47. The van der Waals surface area contributed by atoms with Gasteiger partial charge in [-0.2, -0.15) is 0 Å². The third kappa shape index (κ3) is 2.32. The van der Waals surface area contributed by atoms with E-state index in [0.29, 0.717) is 17.1 Å². The number of nitrogens with one attached hydrogen (secondary N) is 2. The molecule has 0 fully saturated rings. The number of rotatable bonds is 3. The van der Waals surface area contributed by atoms with Gasteiger partial charge in [-0.1, -0.05) is 18.2 Å². The quantitative estimate of drug-likeness (QED) is 0.465. The molecule has 2 aromatic rings. The van der Waals surface area contributed by atoms with Crippen LogP contribution in [0.3, 0.4) is 0 Å². The molecule has 0 saturated heterocycles. The van der Waals surface area contributed by atoms with Crippen LogP contribution in [-0.4, -0.2) is 21.6 Å². The standard InChI is InChI=1S/C12H12N6/c13-10(14)7-2-1-3-8(6-7)12-17-5-4-9(18-12)11(15)16/h1-6H,(H3,13,14)(H3,15,16). The van der Waals surface area contributed by atoms with Gasteiger partial charge in [0, 0.05) is 17.3 Å². The van der Waals surface area contributed by atoms with Crippen molar-refractivity contribution in [2.45, 2.75) is 0 Å². The average Bonchev–Trinajstić information content (AvgIpc) is 2.39. The largest absolute Gasteiger partial charge is 0.384 e. The van der Waals surface area contributed by atoms with E-state index >= 15 is 0 Å². The highest BCUT2D eigenvalue weighted by Gasteiger charge is 2.06. The van der Waals surface area contributed by atoms with Gasteiger partial charge in [-0.25, -0.2) is 9.97 Å². The van der Waals surface area contributed by atoms with Crippen molar-refractivity contribution in [3.8, 4) is 11.4 Å². The van der Waals surface area contributed by atoms with Crippen LogP contribution in [0, 0.1) is 10.8 Å². The Labute approximate surface area is 104 Å². The molecule has 0 amide bonds. The van der Waals surface area contributed by atoms with Crippen LogP contribution in [0.15, 0.2) is 36.5 Å². The molecule has 0 atom stereocenters. The second kappa shape index (κ2) is 4.62. The van der Waals surface area contributed by atoms with Gasteiger partial charge < -0.3 is 11.5 Å². The first-order valence-electron chi connectivity index (χ1n) is 5.20. The molecule has 0 radical (unpaired) electrons. The predicted molar refractivity (Wildman–Crippen MR) is 69.5 cm³/mol. The zero-order valence-corrected chi connectivity index (χ0v) is 9.51. The van der Waals surface area contributed by atoms with Gasteiger partial charge in [0.15, 0.2) is 5.82 Å². The minimum Gasteiger partial charge on any atom is -0.384 e. The van der Waals surface area contributed by atoms with Gasteiger partial charge in [0.05, 0.1) is 0 Å². The van der Waals surface area contributed by atoms with Gasteiger partial charge in [0.1, 0.15) is 17.4 Å². The molecule has 1 aromatic carbocycles. The van der Waals surface area contributed by atoms with Crippen molar-refractivity contribution in [3.05, 3.63) is 47.8 Å². The molecule has 6 N–H and O–H groups in total. The molecule has 0 aliphatic carbocycles. The summed E-state index contributed by atoms with van der Waals surface area (Å²) in [6.45, 7) is 0. The molecule has 0 saturated carbocycles. The Kier molecular flexibility index (Phi) is 3.01. The van der Waals surface area contributed by atoms with Crippen LogP contribution in [0.1, 0.15) is 11.3 Å². The minimum absolute atomic E-state index is 0.0143. The van der Waals surface area contributed by atoms with Gasteiger partial charge in [-0.05, 0) is 12.1 Å². The first-order chi connectivity index (χ1) is 8.58. The van der Waals surface area contributed by atoms with Crippen LogP contribution in [-0.2, 0) is 0 Å². The summed E-state index contributed by atoms with van der Waals surface area (Å²) in [5.74, 6) is 0.326. The van der Waals surface area contributed by atoms with Gasteiger partial charge in [-0.3, -0.25) is 10.8 Å². The summed E-state index contributed by atoms with van der Waals surface area (Å²) >= 11 is 0. The topological polar surface area (TPSA) is 126 Å². The number of benzene rings is 1. The van der Waals surface area contributed by atoms with E-state index in [9.17, 15) is 0 Å². The third-order valence-corrected chi connectivity index (χ3v) is 2.36. The van der Waals surface area contributed by atoms with E-state index in [1.807, 2.05) is 6.07 Å². The van der Waals surface area contributed by atoms with Crippen LogP contribution in [0.25, 0.3) is 11.4 Å². The zero-order chi connectivity index (χ0) is 13.1. The van der Waals surface area contributed by atoms with E-state index in [2.05, 4.69) is 9.97 Å². The number of nitrogen functional groups attached to an aromatic ring is 2. The lowest BCUT2D eigenvalue weighted by atomic mass is 10.1. The maximum absolute atomic E-state index is 7.39. The van der Waals surface area contributed by atoms with Crippen LogP contribution in [0.2, 0.25) is 0 Å². The SMILES string of the molecule is N=C(N)c1cccc(-c2nccc(C(=N)N)n2)c1. The Morgan fingerprint density at radius 2 is 1.83 bits per heavy atom. The normalized spacial score (nSPS) is 10.0. The fraction of sp³-hybridized carbons (Fsp3) is 0. The number of nitrogens with zero attached hydrogens (tertiary/aromatic N) is 2. The predicted octanol–water partition coefficient (Wildman–Crippen LogP) is 0.712. The Hall–Kier alpha value is -2.76. The smallest absolute Gasteiger partial charge is 0.159 e. The Bertz CT molecular complexity index is 564. The van der Waals surface area contributed by atoms with E-state index in [1.54, 1.807) is 30.5 Å². The van der Waals surface area contributed by atoms with Gasteiger partial charge in [0.2, 0.25) is 0 Å². The lowest BCUT2D eigenvalue weighted by Gasteiger charge is -2.04. The number of aromatic nitrogens is 2. The number of amidine groups is 2. The fourth-order valence-electron chi connectivity index (χ4n) is 1.47. The number of nitrogens with two attached hydrogens (primary N) is 2. The summed E-state index contributed by atoms with van der Waals surface area (Å²) < 4.78 is 0. The van der Waals surface area contributed by atoms with E-state index in [-0.39, 0.29) is 11.7 Å². The van der Waals surface area contributed by atoms with Crippen LogP contribution in [0.4, 0.5) is 0 Å². The monoisotopic (exact) mass is 240 g/mol. The summed E-state index contributed by atoms with van der Waals surface area (Å²) in [6.07, 6.45) is 1.54. The molecule has 0 bridgehead atoms. The van der Waals surface area contributed by atoms with Gasteiger partial charge >= 0.3 is 0 Å². The maximum Gasteiger partial charge on any atom is 0.159 e. The van der Waals surface area contributed by atoms with Crippen LogP contribution < -0.4 is 11.5 Å². The highest BCUT2D eigenvalue weighted by Crippen LogP contribution is 2.16. The molecular formula is C12H12N6. The number of hydrogen-bond acceptors (Lipinski definition) is 4. The van der Waals surface area contributed by atoms with Crippen molar-refractivity contribution >= 4 is 11.7 Å². The number of hydrogen-bond donors (Lipinski definition) is 4. The molecule has 1 aromatic heterocycles. The molecule has 18 heavy (non-hydrogen) atoms. The zero-order valence-electron chi connectivity index (χ0n) is 9.51. The molecule has 0 aliphatic heterocycles. The second-order valence-electron chi connectivity index (χ2n) is 3.67. The lowest BCUT2D eigenvalue weighted by molar-refractivity contribution is 1.15. The van der Waals surface area contributed by atoms with Crippen LogP contribution >= 0.6 is 0 Å².